The van der Waals surface area contributed by atoms with Crippen LogP contribution in [0.25, 0.3) is 0 Å². The molecule has 18 heavy (non-hydrogen) atoms. The third-order valence-corrected chi connectivity index (χ3v) is 2.68. The number of hydrogen-bond donors (Lipinski definition) is 1. The van der Waals surface area contributed by atoms with E-state index in [-0.39, 0.29) is 0 Å². The van der Waals surface area contributed by atoms with Crippen LogP contribution in [0, 0.1) is 0 Å². The fourth-order valence-electron chi connectivity index (χ4n) is 1.86. The highest BCUT2D eigenvalue weighted by molar-refractivity contribution is 6.52. The standard InChI is InChI=1S/C14H9NO3/c16-13-12-10(15-14(13)17)7-4-8-11(12)18-9-5-2-1-3-6-9/h1-8H,(H,15,16,17). The van der Waals surface area contributed by atoms with Crippen molar-refractivity contribution in [2.75, 3.05) is 5.32 Å². The van der Waals surface area contributed by atoms with E-state index < -0.39 is 11.7 Å². The maximum absolute atomic E-state index is 11.7. The molecule has 3 rings (SSSR count). The summed E-state index contributed by atoms with van der Waals surface area (Å²) in [7, 11) is 0. The van der Waals surface area contributed by atoms with Gasteiger partial charge >= 0.3 is 0 Å². The smallest absolute Gasteiger partial charge is 0.297 e. The topological polar surface area (TPSA) is 55.4 Å². The minimum absolute atomic E-state index is 0.298. The molecular weight excluding hydrogens is 230 g/mol. The summed E-state index contributed by atoms with van der Waals surface area (Å²) in [5.41, 5.74) is 0.796. The van der Waals surface area contributed by atoms with Crippen molar-refractivity contribution < 1.29 is 14.3 Å². The van der Waals surface area contributed by atoms with E-state index in [9.17, 15) is 9.59 Å². The summed E-state index contributed by atoms with van der Waals surface area (Å²) in [4.78, 5) is 23.0. The zero-order valence-electron chi connectivity index (χ0n) is 9.34. The molecule has 0 bridgehead atoms. The lowest BCUT2D eigenvalue weighted by Crippen LogP contribution is -2.12. The maximum atomic E-state index is 11.7. The van der Waals surface area contributed by atoms with E-state index in [1.807, 2.05) is 18.2 Å². The highest BCUT2D eigenvalue weighted by Crippen LogP contribution is 2.34. The Morgan fingerprint density at radius 1 is 0.889 bits per heavy atom. The fraction of sp³-hybridized carbons (Fsp3) is 0. The van der Waals surface area contributed by atoms with Crippen LogP contribution in [0.1, 0.15) is 10.4 Å². The number of fused-ring (bicyclic) bond motifs is 1. The molecule has 0 aromatic heterocycles. The van der Waals surface area contributed by atoms with Crippen LogP contribution in [0.2, 0.25) is 0 Å². The molecule has 0 aliphatic carbocycles. The number of ether oxygens (including phenoxy) is 1. The van der Waals surface area contributed by atoms with E-state index in [4.69, 9.17) is 4.74 Å². The van der Waals surface area contributed by atoms with Gasteiger partial charge in [0.2, 0.25) is 0 Å². The van der Waals surface area contributed by atoms with Crippen molar-refractivity contribution in [2.24, 2.45) is 0 Å². The highest BCUT2D eigenvalue weighted by atomic mass is 16.5. The Balaban J connectivity index is 2.03. The second-order valence-electron chi connectivity index (χ2n) is 3.88. The highest BCUT2D eigenvalue weighted by Gasteiger charge is 2.31. The summed E-state index contributed by atoms with van der Waals surface area (Å²) < 4.78 is 5.63. The Labute approximate surface area is 103 Å². The number of nitrogens with one attached hydrogen (secondary N) is 1. The predicted octanol–water partition coefficient (Wildman–Crippen LogP) is 2.61. The molecule has 0 atom stereocenters. The van der Waals surface area contributed by atoms with Crippen LogP contribution in [0.4, 0.5) is 5.69 Å². The van der Waals surface area contributed by atoms with Gasteiger partial charge < -0.3 is 10.1 Å². The zero-order valence-corrected chi connectivity index (χ0v) is 9.34. The van der Waals surface area contributed by atoms with Gasteiger partial charge in [0.05, 0.1) is 11.3 Å². The molecule has 2 aromatic carbocycles. The van der Waals surface area contributed by atoms with E-state index in [1.54, 1.807) is 30.3 Å². The van der Waals surface area contributed by atoms with Gasteiger partial charge in [0.15, 0.2) is 0 Å². The quantitative estimate of drug-likeness (QED) is 0.819. The molecule has 4 nitrogen and oxygen atoms in total. The lowest BCUT2D eigenvalue weighted by atomic mass is 10.1. The first-order chi connectivity index (χ1) is 8.75. The number of carbonyl (C=O) groups is 2. The van der Waals surface area contributed by atoms with Crippen LogP contribution in [-0.4, -0.2) is 11.7 Å². The number of benzene rings is 2. The lowest BCUT2D eigenvalue weighted by Gasteiger charge is -2.08. The molecule has 2 aromatic rings. The Morgan fingerprint density at radius 2 is 1.67 bits per heavy atom. The summed E-state index contributed by atoms with van der Waals surface area (Å²) in [6.45, 7) is 0. The summed E-state index contributed by atoms with van der Waals surface area (Å²) in [5.74, 6) is -0.161. The number of carbonyl (C=O) groups excluding carboxylic acids is 2. The minimum atomic E-state index is -0.617. The van der Waals surface area contributed by atoms with E-state index in [0.717, 1.165) is 0 Å². The summed E-state index contributed by atoms with van der Waals surface area (Å²) in [5, 5.41) is 2.50. The van der Waals surface area contributed by atoms with Gasteiger partial charge in [-0.25, -0.2) is 0 Å². The second kappa shape index (κ2) is 4.00. The van der Waals surface area contributed by atoms with Crippen molar-refractivity contribution in [2.45, 2.75) is 0 Å². The summed E-state index contributed by atoms with van der Waals surface area (Å²) in [6.07, 6.45) is 0. The van der Waals surface area contributed by atoms with Crippen LogP contribution in [0.5, 0.6) is 11.5 Å². The third kappa shape index (κ3) is 1.64. The average molecular weight is 239 g/mol. The first-order valence-electron chi connectivity index (χ1n) is 5.47. The Morgan fingerprint density at radius 3 is 2.44 bits per heavy atom. The SMILES string of the molecule is O=C1Nc2cccc(Oc3ccccc3)c2C1=O. The average Bonchev–Trinajstić information content (AvgIpc) is 2.67. The van der Waals surface area contributed by atoms with Gasteiger partial charge in [0.1, 0.15) is 11.5 Å². The van der Waals surface area contributed by atoms with Gasteiger partial charge in [-0.2, -0.15) is 0 Å². The number of para-hydroxylation sites is 1. The lowest BCUT2D eigenvalue weighted by molar-refractivity contribution is -0.112. The Kier molecular flexibility index (Phi) is 2.34. The van der Waals surface area contributed by atoms with Crippen LogP contribution in [0.15, 0.2) is 48.5 Å². The van der Waals surface area contributed by atoms with Crippen LogP contribution in [0.3, 0.4) is 0 Å². The van der Waals surface area contributed by atoms with Gasteiger partial charge in [-0.3, -0.25) is 9.59 Å². The monoisotopic (exact) mass is 239 g/mol. The van der Waals surface area contributed by atoms with Gasteiger partial charge in [-0.15, -0.1) is 0 Å². The van der Waals surface area contributed by atoms with E-state index >= 15 is 0 Å². The summed E-state index contributed by atoms with van der Waals surface area (Å²) >= 11 is 0. The molecule has 0 saturated carbocycles. The zero-order chi connectivity index (χ0) is 12.5. The van der Waals surface area contributed by atoms with Crippen molar-refractivity contribution in [1.29, 1.82) is 0 Å². The maximum Gasteiger partial charge on any atom is 0.297 e. The molecule has 0 unspecified atom stereocenters. The molecule has 1 aliphatic rings. The molecule has 88 valence electrons. The molecular formula is C14H9NO3. The molecule has 1 aliphatic heterocycles. The van der Waals surface area contributed by atoms with E-state index in [1.165, 1.54) is 0 Å². The van der Waals surface area contributed by atoms with E-state index in [2.05, 4.69) is 5.32 Å². The Hall–Kier alpha value is -2.62. The molecule has 0 fully saturated rings. The Bertz CT molecular complexity index is 635. The fourth-order valence-corrected chi connectivity index (χ4v) is 1.86. The number of ketones is 1. The third-order valence-electron chi connectivity index (χ3n) is 2.68. The van der Waals surface area contributed by atoms with Crippen molar-refractivity contribution in [3.05, 3.63) is 54.1 Å². The van der Waals surface area contributed by atoms with Gasteiger partial charge in [-0.1, -0.05) is 24.3 Å². The van der Waals surface area contributed by atoms with Crippen molar-refractivity contribution in [3.63, 3.8) is 0 Å². The molecule has 0 spiro atoms. The second-order valence-corrected chi connectivity index (χ2v) is 3.88. The number of Topliss-reactive ketones (excluding diaryl/α,β-unsaturated/α-hetero) is 1. The van der Waals surface area contributed by atoms with Gasteiger partial charge in [0, 0.05) is 0 Å². The molecule has 1 N–H and O–H groups in total. The molecule has 1 amide bonds. The van der Waals surface area contributed by atoms with Gasteiger partial charge in [0.25, 0.3) is 11.7 Å². The molecule has 4 heteroatoms. The largest absolute Gasteiger partial charge is 0.457 e. The van der Waals surface area contributed by atoms with Crippen molar-refractivity contribution in [1.82, 2.24) is 0 Å². The number of anilines is 1. The number of hydrogen-bond acceptors (Lipinski definition) is 3. The van der Waals surface area contributed by atoms with Crippen molar-refractivity contribution >= 4 is 17.4 Å². The predicted molar refractivity (Wildman–Crippen MR) is 65.9 cm³/mol. The summed E-state index contributed by atoms with van der Waals surface area (Å²) in [6, 6.07) is 14.2. The first kappa shape index (κ1) is 10.5. The molecule has 0 radical (unpaired) electrons. The van der Waals surface area contributed by atoms with E-state index in [0.29, 0.717) is 22.7 Å². The number of rotatable bonds is 2. The minimum Gasteiger partial charge on any atom is -0.457 e. The van der Waals surface area contributed by atoms with Gasteiger partial charge in [-0.05, 0) is 24.3 Å². The first-order valence-corrected chi connectivity index (χ1v) is 5.47. The van der Waals surface area contributed by atoms with Crippen LogP contribution >= 0.6 is 0 Å². The normalized spacial score (nSPS) is 13.1. The van der Waals surface area contributed by atoms with Crippen LogP contribution in [-0.2, 0) is 4.79 Å². The number of amides is 1. The molecule has 1 heterocycles. The van der Waals surface area contributed by atoms with Crippen LogP contribution < -0.4 is 10.1 Å². The van der Waals surface area contributed by atoms with Crippen molar-refractivity contribution in [3.8, 4) is 11.5 Å². The molecule has 0 saturated heterocycles.